The van der Waals surface area contributed by atoms with Gasteiger partial charge in [0.05, 0.1) is 16.3 Å². The normalized spacial score (nSPS) is 13.1. The smallest absolute Gasteiger partial charge is 0.240 e. The summed E-state index contributed by atoms with van der Waals surface area (Å²) in [7, 11) is -3.46. The van der Waals surface area contributed by atoms with E-state index in [4.69, 9.17) is 0 Å². The number of rotatable bonds is 6. The molecular weight excluding hydrogens is 376 g/mol. The van der Waals surface area contributed by atoms with Gasteiger partial charge in [-0.25, -0.2) is 13.1 Å². The Morgan fingerprint density at radius 1 is 0.778 bits per heavy atom. The van der Waals surface area contributed by atoms with Gasteiger partial charge in [-0.15, -0.1) is 0 Å². The van der Waals surface area contributed by atoms with Crippen LogP contribution in [0.3, 0.4) is 0 Å². The van der Waals surface area contributed by atoms with Crippen LogP contribution in [0, 0.1) is 0 Å². The lowest BCUT2D eigenvalue weighted by atomic mass is 10.2. The molecule has 3 aromatic carbocycles. The average molecular weight is 397 g/mol. The molecule has 0 aliphatic carbocycles. The molecule has 0 bridgehead atoms. The molecule has 0 amide bonds. The van der Waals surface area contributed by atoms with Crippen molar-refractivity contribution in [3.63, 3.8) is 0 Å². The van der Waals surface area contributed by atoms with E-state index in [1.165, 1.54) is 21.2 Å². The minimum absolute atomic E-state index is 0.301. The summed E-state index contributed by atoms with van der Waals surface area (Å²) in [6.45, 7) is 1.14. The van der Waals surface area contributed by atoms with Gasteiger partial charge in [0, 0.05) is 22.9 Å². The van der Waals surface area contributed by atoms with Crippen molar-refractivity contribution in [2.24, 2.45) is 0 Å². The standard InChI is InChI=1S/C21H20N2O2S2/c24-27(25,17-9-2-1-3-10-17)22-15-8-16-23-18-11-4-6-13-20(18)26-21-14-7-5-12-19(21)23/h1-7,9-14,22H,8,15-16H2. The van der Waals surface area contributed by atoms with Crippen LogP contribution in [0.15, 0.2) is 93.5 Å². The van der Waals surface area contributed by atoms with Crippen LogP contribution in [0.1, 0.15) is 6.42 Å². The van der Waals surface area contributed by atoms with Crippen LogP contribution in [-0.2, 0) is 10.0 Å². The van der Waals surface area contributed by atoms with Crippen molar-refractivity contribution < 1.29 is 8.42 Å². The van der Waals surface area contributed by atoms with Crippen molar-refractivity contribution in [3.8, 4) is 0 Å². The topological polar surface area (TPSA) is 49.4 Å². The summed E-state index contributed by atoms with van der Waals surface area (Å²) in [6, 6.07) is 25.1. The minimum Gasteiger partial charge on any atom is -0.340 e. The number of para-hydroxylation sites is 2. The molecule has 4 nitrogen and oxygen atoms in total. The third-order valence-corrected chi connectivity index (χ3v) is 7.04. The second-order valence-corrected chi connectivity index (χ2v) is 9.10. The van der Waals surface area contributed by atoms with Crippen molar-refractivity contribution in [2.45, 2.75) is 21.1 Å². The number of nitrogens with zero attached hydrogens (tertiary/aromatic N) is 1. The molecular formula is C21H20N2O2S2. The second-order valence-electron chi connectivity index (χ2n) is 6.25. The van der Waals surface area contributed by atoms with Gasteiger partial charge in [-0.2, -0.15) is 0 Å². The van der Waals surface area contributed by atoms with E-state index in [1.54, 1.807) is 36.0 Å². The van der Waals surface area contributed by atoms with E-state index >= 15 is 0 Å². The summed E-state index contributed by atoms with van der Waals surface area (Å²) in [6.07, 6.45) is 0.708. The van der Waals surface area contributed by atoms with Gasteiger partial charge in [0.1, 0.15) is 0 Å². The van der Waals surface area contributed by atoms with E-state index in [9.17, 15) is 8.42 Å². The number of anilines is 2. The molecule has 0 fully saturated rings. The summed E-state index contributed by atoms with van der Waals surface area (Å²) in [5.41, 5.74) is 2.35. The Balaban J connectivity index is 1.46. The highest BCUT2D eigenvalue weighted by Gasteiger charge is 2.22. The Kier molecular flexibility index (Phi) is 5.20. The van der Waals surface area contributed by atoms with Gasteiger partial charge in [-0.3, -0.25) is 0 Å². The zero-order valence-electron chi connectivity index (χ0n) is 14.7. The molecule has 1 N–H and O–H groups in total. The molecule has 0 spiro atoms. The van der Waals surface area contributed by atoms with Crippen molar-refractivity contribution in [1.82, 2.24) is 4.72 Å². The van der Waals surface area contributed by atoms with Gasteiger partial charge in [0.2, 0.25) is 10.0 Å². The highest BCUT2D eigenvalue weighted by atomic mass is 32.2. The van der Waals surface area contributed by atoms with Gasteiger partial charge in [0.15, 0.2) is 0 Å². The molecule has 0 saturated heterocycles. The van der Waals surface area contributed by atoms with Gasteiger partial charge >= 0.3 is 0 Å². The van der Waals surface area contributed by atoms with Crippen molar-refractivity contribution in [2.75, 3.05) is 18.0 Å². The fraction of sp³-hybridized carbons (Fsp3) is 0.143. The molecule has 3 aromatic rings. The summed E-state index contributed by atoms with van der Waals surface area (Å²) in [5.74, 6) is 0. The second kappa shape index (κ2) is 7.76. The van der Waals surface area contributed by atoms with E-state index < -0.39 is 10.0 Å². The summed E-state index contributed by atoms with van der Waals surface area (Å²) in [5, 5.41) is 0. The Hall–Kier alpha value is -2.28. The summed E-state index contributed by atoms with van der Waals surface area (Å²) < 4.78 is 27.4. The predicted octanol–water partition coefficient (Wildman–Crippen LogP) is 4.66. The summed E-state index contributed by atoms with van der Waals surface area (Å²) >= 11 is 1.77. The number of benzene rings is 3. The lowest BCUT2D eigenvalue weighted by molar-refractivity contribution is 0.579. The quantitative estimate of drug-likeness (QED) is 0.616. The Bertz CT molecular complexity index is 991. The first-order valence-electron chi connectivity index (χ1n) is 8.83. The number of hydrogen-bond acceptors (Lipinski definition) is 4. The maximum absolute atomic E-state index is 12.4. The number of fused-ring (bicyclic) bond motifs is 2. The van der Waals surface area contributed by atoms with E-state index in [2.05, 4.69) is 33.9 Å². The van der Waals surface area contributed by atoms with E-state index in [1.807, 2.05) is 30.3 Å². The molecule has 1 aliphatic heterocycles. The molecule has 0 saturated carbocycles. The van der Waals surface area contributed by atoms with Crippen LogP contribution >= 0.6 is 11.8 Å². The largest absolute Gasteiger partial charge is 0.340 e. The van der Waals surface area contributed by atoms with Crippen molar-refractivity contribution in [1.29, 1.82) is 0 Å². The molecule has 4 rings (SSSR count). The van der Waals surface area contributed by atoms with Crippen LogP contribution in [-0.4, -0.2) is 21.5 Å². The van der Waals surface area contributed by atoms with Gasteiger partial charge in [0.25, 0.3) is 0 Å². The van der Waals surface area contributed by atoms with Crippen LogP contribution in [0.25, 0.3) is 0 Å². The monoisotopic (exact) mass is 396 g/mol. The fourth-order valence-electron chi connectivity index (χ4n) is 3.15. The molecule has 27 heavy (non-hydrogen) atoms. The van der Waals surface area contributed by atoms with Crippen LogP contribution in [0.4, 0.5) is 11.4 Å². The number of nitrogens with one attached hydrogen (secondary N) is 1. The molecule has 0 unspecified atom stereocenters. The number of hydrogen-bond donors (Lipinski definition) is 1. The highest BCUT2D eigenvalue weighted by Crippen LogP contribution is 2.47. The van der Waals surface area contributed by atoms with Gasteiger partial charge in [-0.1, -0.05) is 54.2 Å². The van der Waals surface area contributed by atoms with Crippen molar-refractivity contribution >= 4 is 33.2 Å². The maximum atomic E-state index is 12.4. The molecule has 6 heteroatoms. The Labute approximate surface area is 164 Å². The first-order valence-corrected chi connectivity index (χ1v) is 11.1. The van der Waals surface area contributed by atoms with Crippen LogP contribution in [0.5, 0.6) is 0 Å². The van der Waals surface area contributed by atoms with Gasteiger partial charge < -0.3 is 4.90 Å². The Morgan fingerprint density at radius 3 is 1.96 bits per heavy atom. The predicted molar refractivity (Wildman–Crippen MR) is 110 cm³/mol. The third-order valence-electron chi connectivity index (χ3n) is 4.44. The number of sulfonamides is 1. The maximum Gasteiger partial charge on any atom is 0.240 e. The lowest BCUT2D eigenvalue weighted by Crippen LogP contribution is -2.29. The molecule has 0 radical (unpaired) electrons. The molecule has 0 aromatic heterocycles. The van der Waals surface area contributed by atoms with E-state index in [0.29, 0.717) is 17.9 Å². The SMILES string of the molecule is O=S(=O)(NCCCN1c2ccccc2Sc2ccccc21)c1ccccc1. The zero-order chi connectivity index (χ0) is 18.7. The first-order chi connectivity index (χ1) is 13.1. The van der Waals surface area contributed by atoms with E-state index in [0.717, 1.165) is 6.54 Å². The van der Waals surface area contributed by atoms with E-state index in [-0.39, 0.29) is 0 Å². The molecule has 138 valence electrons. The summed E-state index contributed by atoms with van der Waals surface area (Å²) in [4.78, 5) is 5.02. The Morgan fingerprint density at radius 2 is 1.33 bits per heavy atom. The van der Waals surface area contributed by atoms with Crippen LogP contribution < -0.4 is 9.62 Å². The minimum atomic E-state index is -3.46. The molecule has 0 atom stereocenters. The molecule has 1 heterocycles. The van der Waals surface area contributed by atoms with Crippen LogP contribution in [0.2, 0.25) is 0 Å². The zero-order valence-corrected chi connectivity index (χ0v) is 16.3. The fourth-order valence-corrected chi connectivity index (χ4v) is 5.34. The third kappa shape index (κ3) is 3.88. The lowest BCUT2D eigenvalue weighted by Gasteiger charge is -2.32. The highest BCUT2D eigenvalue weighted by molar-refractivity contribution is 7.99. The van der Waals surface area contributed by atoms with Gasteiger partial charge in [-0.05, 0) is 42.8 Å². The molecule has 1 aliphatic rings. The average Bonchev–Trinajstić information content (AvgIpc) is 2.71. The van der Waals surface area contributed by atoms with Crippen molar-refractivity contribution in [3.05, 3.63) is 78.9 Å². The first kappa shape index (κ1) is 18.1.